The number of rotatable bonds is 2. The van der Waals surface area contributed by atoms with E-state index in [4.69, 9.17) is 17.9 Å². The molecule has 0 spiro atoms. The van der Waals surface area contributed by atoms with Crippen LogP contribution >= 0.6 is 24.8 Å². The lowest BCUT2D eigenvalue weighted by molar-refractivity contribution is 1.05. The van der Waals surface area contributed by atoms with Gasteiger partial charge in [-0.05, 0) is 0 Å². The molecule has 0 radical (unpaired) electrons. The topological polar surface area (TPSA) is 52.0 Å². The zero-order valence-electron chi connectivity index (χ0n) is 5.49. The first-order valence-electron chi connectivity index (χ1n) is 2.39. The van der Waals surface area contributed by atoms with Crippen LogP contribution in [0, 0.1) is 12.3 Å². The lowest BCUT2D eigenvalue weighted by atomic mass is 10.3. The summed E-state index contributed by atoms with van der Waals surface area (Å²) < 4.78 is 0. The fraction of sp³-hybridized carbons (Fsp3) is 0.333. The van der Waals surface area contributed by atoms with Gasteiger partial charge in [0.05, 0.1) is 6.04 Å². The number of hydrogen-bond donors (Lipinski definition) is 2. The van der Waals surface area contributed by atoms with Crippen LogP contribution in [0.15, 0.2) is 12.2 Å². The Morgan fingerprint density at radius 2 is 2.00 bits per heavy atom. The molecule has 0 aliphatic carbocycles. The molecule has 0 aliphatic heterocycles. The fourth-order valence-corrected chi connectivity index (χ4v) is 0.281. The molecular formula is C6H12Cl2N2. The van der Waals surface area contributed by atoms with Crippen molar-refractivity contribution in [3.63, 3.8) is 0 Å². The van der Waals surface area contributed by atoms with Crippen molar-refractivity contribution in [1.29, 1.82) is 0 Å². The summed E-state index contributed by atoms with van der Waals surface area (Å²) in [4.78, 5) is 0. The van der Waals surface area contributed by atoms with Gasteiger partial charge in [-0.15, -0.1) is 31.2 Å². The summed E-state index contributed by atoms with van der Waals surface area (Å²) in [5.74, 6) is 2.34. The Kier molecular flexibility index (Phi) is 19.0. The molecule has 4 N–H and O–H groups in total. The molecule has 0 rings (SSSR count). The molecule has 10 heavy (non-hydrogen) atoms. The van der Waals surface area contributed by atoms with Gasteiger partial charge in [0.1, 0.15) is 0 Å². The summed E-state index contributed by atoms with van der Waals surface area (Å²) >= 11 is 0. The predicted molar refractivity (Wildman–Crippen MR) is 49.5 cm³/mol. The number of halogens is 2. The van der Waals surface area contributed by atoms with Gasteiger partial charge in [0.2, 0.25) is 0 Å². The van der Waals surface area contributed by atoms with Gasteiger partial charge in [0, 0.05) is 6.54 Å². The molecule has 0 saturated carbocycles. The average molecular weight is 183 g/mol. The maximum Gasteiger partial charge on any atom is 0.0848 e. The second-order valence-electron chi connectivity index (χ2n) is 1.36. The Morgan fingerprint density at radius 1 is 1.50 bits per heavy atom. The van der Waals surface area contributed by atoms with Gasteiger partial charge in [-0.2, -0.15) is 0 Å². The lowest BCUT2D eigenvalue weighted by Gasteiger charge is -1.90. The summed E-state index contributed by atoms with van der Waals surface area (Å²) in [6, 6.07) is -0.279. The summed E-state index contributed by atoms with van der Waals surface area (Å²) in [6.07, 6.45) is 8.38. The number of hydrogen-bond acceptors (Lipinski definition) is 2. The molecule has 0 bridgehead atoms. The summed E-state index contributed by atoms with van der Waals surface area (Å²) in [7, 11) is 0. The zero-order chi connectivity index (χ0) is 6.41. The van der Waals surface area contributed by atoms with Crippen LogP contribution in [0.5, 0.6) is 0 Å². The van der Waals surface area contributed by atoms with E-state index in [0.29, 0.717) is 6.54 Å². The van der Waals surface area contributed by atoms with Crippen LogP contribution in [-0.2, 0) is 0 Å². The highest BCUT2D eigenvalue weighted by Gasteiger charge is 1.82. The third-order valence-corrected chi connectivity index (χ3v) is 0.672. The normalized spacial score (nSPS) is 10.9. The van der Waals surface area contributed by atoms with Crippen LogP contribution in [0.4, 0.5) is 0 Å². The quantitative estimate of drug-likeness (QED) is 0.478. The van der Waals surface area contributed by atoms with Crippen LogP contribution in [0.1, 0.15) is 0 Å². The van der Waals surface area contributed by atoms with Crippen LogP contribution in [0.2, 0.25) is 0 Å². The lowest BCUT2D eigenvalue weighted by Crippen LogP contribution is -2.13. The standard InChI is InChI=1S/C6H10N2.2ClH/c1-2-6(8)4-3-5-7;;/h1,3-4,6H,5,7-8H2;2*1H/b4-3+;;. The van der Waals surface area contributed by atoms with Crippen molar-refractivity contribution < 1.29 is 0 Å². The first-order chi connectivity index (χ1) is 3.81. The SMILES string of the molecule is C#CC(N)/C=C/CN.Cl.Cl. The Hall–Kier alpha value is -0.200. The van der Waals surface area contributed by atoms with Gasteiger partial charge >= 0.3 is 0 Å². The second-order valence-corrected chi connectivity index (χ2v) is 1.36. The minimum atomic E-state index is -0.279. The van der Waals surface area contributed by atoms with Crippen molar-refractivity contribution in [3.05, 3.63) is 12.2 Å². The molecule has 0 aromatic rings. The van der Waals surface area contributed by atoms with Crippen molar-refractivity contribution in [3.8, 4) is 12.3 Å². The van der Waals surface area contributed by atoms with E-state index in [1.54, 1.807) is 12.2 Å². The minimum Gasteiger partial charge on any atom is -0.327 e. The third kappa shape index (κ3) is 10.7. The van der Waals surface area contributed by atoms with E-state index in [9.17, 15) is 0 Å². The third-order valence-electron chi connectivity index (χ3n) is 0.672. The van der Waals surface area contributed by atoms with Crippen LogP contribution in [-0.4, -0.2) is 12.6 Å². The molecule has 4 heteroatoms. The first-order valence-corrected chi connectivity index (χ1v) is 2.39. The highest BCUT2D eigenvalue weighted by molar-refractivity contribution is 5.85. The molecule has 0 fully saturated rings. The molecule has 2 nitrogen and oxygen atoms in total. The van der Waals surface area contributed by atoms with Gasteiger partial charge in [-0.3, -0.25) is 0 Å². The molecule has 0 aromatic carbocycles. The van der Waals surface area contributed by atoms with Crippen molar-refractivity contribution in [2.75, 3.05) is 6.54 Å². The average Bonchev–Trinajstić information content (AvgIpc) is 1.83. The minimum absolute atomic E-state index is 0. The van der Waals surface area contributed by atoms with E-state index < -0.39 is 0 Å². The predicted octanol–water partition coefficient (Wildman–Crippen LogP) is 0.305. The van der Waals surface area contributed by atoms with Crippen LogP contribution < -0.4 is 11.5 Å². The van der Waals surface area contributed by atoms with Gasteiger partial charge in [0.25, 0.3) is 0 Å². The Labute approximate surface area is 73.9 Å². The largest absolute Gasteiger partial charge is 0.327 e. The number of terminal acetylenes is 1. The van der Waals surface area contributed by atoms with Crippen LogP contribution in [0.3, 0.4) is 0 Å². The highest BCUT2D eigenvalue weighted by atomic mass is 35.5. The van der Waals surface area contributed by atoms with Gasteiger partial charge in [-0.1, -0.05) is 18.1 Å². The number of nitrogens with two attached hydrogens (primary N) is 2. The second kappa shape index (κ2) is 11.6. The van der Waals surface area contributed by atoms with Gasteiger partial charge < -0.3 is 11.5 Å². The highest BCUT2D eigenvalue weighted by Crippen LogP contribution is 1.75. The summed E-state index contributed by atoms with van der Waals surface area (Å²) in [5, 5.41) is 0. The fourth-order valence-electron chi connectivity index (χ4n) is 0.281. The van der Waals surface area contributed by atoms with Gasteiger partial charge in [0.15, 0.2) is 0 Å². The maximum atomic E-state index is 5.28. The molecule has 1 unspecified atom stereocenters. The molecular weight excluding hydrogens is 171 g/mol. The van der Waals surface area contributed by atoms with Crippen molar-refractivity contribution in [2.24, 2.45) is 11.5 Å². The van der Waals surface area contributed by atoms with Crippen LogP contribution in [0.25, 0.3) is 0 Å². The van der Waals surface area contributed by atoms with Crippen molar-refractivity contribution in [1.82, 2.24) is 0 Å². The molecule has 0 saturated heterocycles. The molecule has 0 aliphatic rings. The molecule has 0 heterocycles. The summed E-state index contributed by atoms with van der Waals surface area (Å²) in [6.45, 7) is 0.495. The van der Waals surface area contributed by atoms with E-state index in [1.807, 2.05) is 0 Å². The smallest absolute Gasteiger partial charge is 0.0848 e. The van der Waals surface area contributed by atoms with E-state index in [1.165, 1.54) is 0 Å². The maximum absolute atomic E-state index is 5.28. The van der Waals surface area contributed by atoms with E-state index in [2.05, 4.69) is 5.92 Å². The Bertz CT molecular complexity index is 117. The van der Waals surface area contributed by atoms with E-state index in [0.717, 1.165) is 0 Å². The zero-order valence-corrected chi connectivity index (χ0v) is 7.12. The molecule has 0 amide bonds. The Balaban J connectivity index is -0.000000245. The first kappa shape index (κ1) is 16.4. The van der Waals surface area contributed by atoms with E-state index >= 15 is 0 Å². The van der Waals surface area contributed by atoms with Crippen molar-refractivity contribution >= 4 is 24.8 Å². The molecule has 0 aromatic heterocycles. The Morgan fingerprint density at radius 3 is 2.30 bits per heavy atom. The van der Waals surface area contributed by atoms with E-state index in [-0.39, 0.29) is 30.9 Å². The van der Waals surface area contributed by atoms with Gasteiger partial charge in [-0.25, -0.2) is 0 Å². The molecule has 1 atom stereocenters. The monoisotopic (exact) mass is 182 g/mol. The van der Waals surface area contributed by atoms with Crippen molar-refractivity contribution in [2.45, 2.75) is 6.04 Å². The molecule has 60 valence electrons. The summed E-state index contributed by atoms with van der Waals surface area (Å²) in [5.41, 5.74) is 10.4.